The molecule has 3 heteroatoms. The fourth-order valence-corrected chi connectivity index (χ4v) is 3.31. The van der Waals surface area contributed by atoms with Crippen molar-refractivity contribution in [1.29, 1.82) is 0 Å². The summed E-state index contributed by atoms with van der Waals surface area (Å²) in [5.74, 6) is 1.99. The minimum atomic E-state index is 0.477. The summed E-state index contributed by atoms with van der Waals surface area (Å²) in [6.07, 6.45) is 6.26. The Balaban J connectivity index is 1.55. The molecular formula is C20H20N2O. The summed E-state index contributed by atoms with van der Waals surface area (Å²) in [6.45, 7) is 0. The molecule has 3 nitrogen and oxygen atoms in total. The van der Waals surface area contributed by atoms with Gasteiger partial charge >= 0.3 is 0 Å². The van der Waals surface area contributed by atoms with Crippen LogP contribution < -0.4 is 0 Å². The van der Waals surface area contributed by atoms with Gasteiger partial charge in [0.1, 0.15) is 0 Å². The van der Waals surface area contributed by atoms with E-state index >= 15 is 0 Å². The van der Waals surface area contributed by atoms with Crippen LogP contribution in [0.4, 0.5) is 0 Å². The number of rotatable bonds is 3. The molecule has 1 aromatic heterocycles. The van der Waals surface area contributed by atoms with E-state index in [1.54, 1.807) is 0 Å². The van der Waals surface area contributed by atoms with Crippen molar-refractivity contribution in [3.05, 3.63) is 60.4 Å². The molecule has 1 aliphatic rings. The van der Waals surface area contributed by atoms with Crippen LogP contribution >= 0.6 is 0 Å². The van der Waals surface area contributed by atoms with Gasteiger partial charge in [-0.1, -0.05) is 66.9 Å². The molecule has 3 aromatic rings. The normalized spacial score (nSPS) is 15.7. The second-order valence-electron chi connectivity index (χ2n) is 6.24. The molecule has 0 saturated heterocycles. The molecule has 116 valence electrons. The predicted molar refractivity (Wildman–Crippen MR) is 91.0 cm³/mol. The van der Waals surface area contributed by atoms with E-state index in [0.29, 0.717) is 11.8 Å². The van der Waals surface area contributed by atoms with Crippen LogP contribution in [0.3, 0.4) is 0 Å². The maximum atomic E-state index is 5.49. The Labute approximate surface area is 136 Å². The molecule has 0 unspecified atom stereocenters. The Morgan fingerprint density at radius 3 is 2.13 bits per heavy atom. The molecule has 0 N–H and O–H groups in total. The Hall–Kier alpha value is -2.42. The van der Waals surface area contributed by atoms with E-state index in [1.165, 1.54) is 43.2 Å². The van der Waals surface area contributed by atoms with Gasteiger partial charge in [0, 0.05) is 11.5 Å². The lowest BCUT2D eigenvalue weighted by molar-refractivity contribution is 0.385. The van der Waals surface area contributed by atoms with Crippen molar-refractivity contribution in [2.75, 3.05) is 0 Å². The quantitative estimate of drug-likeness (QED) is 0.645. The van der Waals surface area contributed by atoms with Crippen molar-refractivity contribution in [2.45, 2.75) is 38.0 Å². The summed E-state index contributed by atoms with van der Waals surface area (Å²) in [5, 5.41) is 4.21. The SMILES string of the molecule is c1ccc(-c2ccc(-c3nc(C4CCCCC4)no3)cc2)cc1. The Bertz CT molecular complexity index is 756. The highest BCUT2D eigenvalue weighted by molar-refractivity contribution is 5.67. The molecule has 0 radical (unpaired) electrons. The Morgan fingerprint density at radius 2 is 1.39 bits per heavy atom. The van der Waals surface area contributed by atoms with Gasteiger partial charge in [-0.2, -0.15) is 4.98 Å². The molecule has 0 aliphatic heterocycles. The summed E-state index contributed by atoms with van der Waals surface area (Å²) in [4.78, 5) is 4.63. The van der Waals surface area contributed by atoms with Crippen LogP contribution in [0.1, 0.15) is 43.8 Å². The third-order valence-corrected chi connectivity index (χ3v) is 4.65. The van der Waals surface area contributed by atoms with Crippen LogP contribution in [0.2, 0.25) is 0 Å². The first kappa shape index (κ1) is 14.2. The third kappa shape index (κ3) is 3.04. The zero-order valence-electron chi connectivity index (χ0n) is 13.1. The number of aromatic nitrogens is 2. The largest absolute Gasteiger partial charge is 0.334 e. The predicted octanol–water partition coefficient (Wildman–Crippen LogP) is 5.45. The van der Waals surface area contributed by atoms with E-state index in [1.807, 2.05) is 6.07 Å². The van der Waals surface area contributed by atoms with Gasteiger partial charge < -0.3 is 4.52 Å². The highest BCUT2D eigenvalue weighted by atomic mass is 16.5. The summed E-state index contributed by atoms with van der Waals surface area (Å²) in [5.41, 5.74) is 3.40. The van der Waals surface area contributed by atoms with E-state index in [-0.39, 0.29) is 0 Å². The van der Waals surface area contributed by atoms with Gasteiger partial charge in [-0.25, -0.2) is 0 Å². The van der Waals surface area contributed by atoms with Crippen LogP contribution in [0.5, 0.6) is 0 Å². The van der Waals surface area contributed by atoms with Crippen molar-refractivity contribution in [3.8, 4) is 22.6 Å². The van der Waals surface area contributed by atoms with Crippen molar-refractivity contribution in [2.24, 2.45) is 0 Å². The van der Waals surface area contributed by atoms with Crippen molar-refractivity contribution >= 4 is 0 Å². The average molecular weight is 304 g/mol. The van der Waals surface area contributed by atoms with E-state index in [2.05, 4.69) is 58.7 Å². The number of nitrogens with zero attached hydrogens (tertiary/aromatic N) is 2. The molecular weight excluding hydrogens is 284 g/mol. The zero-order valence-corrected chi connectivity index (χ0v) is 13.1. The first-order valence-corrected chi connectivity index (χ1v) is 8.39. The minimum Gasteiger partial charge on any atom is -0.334 e. The van der Waals surface area contributed by atoms with Gasteiger partial charge in [0.15, 0.2) is 5.82 Å². The summed E-state index contributed by atoms with van der Waals surface area (Å²) >= 11 is 0. The van der Waals surface area contributed by atoms with Crippen molar-refractivity contribution < 1.29 is 4.52 Å². The van der Waals surface area contributed by atoms with Gasteiger partial charge in [-0.05, 0) is 36.1 Å². The molecule has 1 fully saturated rings. The molecule has 1 heterocycles. The molecule has 2 aromatic carbocycles. The molecule has 23 heavy (non-hydrogen) atoms. The fourth-order valence-electron chi connectivity index (χ4n) is 3.31. The van der Waals surface area contributed by atoms with Crippen LogP contribution in [0, 0.1) is 0 Å². The highest BCUT2D eigenvalue weighted by Crippen LogP contribution is 2.32. The topological polar surface area (TPSA) is 38.9 Å². The summed E-state index contributed by atoms with van der Waals surface area (Å²) in [7, 11) is 0. The first-order valence-electron chi connectivity index (χ1n) is 8.39. The first-order chi connectivity index (χ1) is 11.4. The average Bonchev–Trinajstić information content (AvgIpc) is 3.14. The fraction of sp³-hybridized carbons (Fsp3) is 0.300. The van der Waals surface area contributed by atoms with Crippen LogP contribution in [-0.2, 0) is 0 Å². The molecule has 0 spiro atoms. The zero-order chi connectivity index (χ0) is 15.5. The Kier molecular flexibility index (Phi) is 3.93. The van der Waals surface area contributed by atoms with Crippen LogP contribution in [-0.4, -0.2) is 10.1 Å². The lowest BCUT2D eigenvalue weighted by atomic mass is 9.89. The van der Waals surface area contributed by atoms with E-state index in [4.69, 9.17) is 4.52 Å². The van der Waals surface area contributed by atoms with E-state index in [0.717, 1.165) is 11.4 Å². The standard InChI is InChI=1S/C20H20N2O/c1-3-7-15(8-4-1)16-11-13-18(14-12-16)20-21-19(22-23-20)17-9-5-2-6-10-17/h1,3-4,7-8,11-14,17H,2,5-6,9-10H2. The second kappa shape index (κ2) is 6.37. The Morgan fingerprint density at radius 1 is 0.739 bits per heavy atom. The molecule has 0 bridgehead atoms. The highest BCUT2D eigenvalue weighted by Gasteiger charge is 2.21. The monoisotopic (exact) mass is 304 g/mol. The van der Waals surface area contributed by atoms with Gasteiger partial charge in [0.05, 0.1) is 0 Å². The second-order valence-corrected chi connectivity index (χ2v) is 6.24. The van der Waals surface area contributed by atoms with E-state index in [9.17, 15) is 0 Å². The van der Waals surface area contributed by atoms with Gasteiger partial charge in [0.25, 0.3) is 5.89 Å². The molecule has 4 rings (SSSR count). The van der Waals surface area contributed by atoms with Gasteiger partial charge in [-0.15, -0.1) is 0 Å². The molecule has 0 amide bonds. The third-order valence-electron chi connectivity index (χ3n) is 4.65. The van der Waals surface area contributed by atoms with Crippen LogP contribution in [0.25, 0.3) is 22.6 Å². The number of hydrogen-bond donors (Lipinski definition) is 0. The number of hydrogen-bond acceptors (Lipinski definition) is 3. The lowest BCUT2D eigenvalue weighted by Crippen LogP contribution is -2.06. The van der Waals surface area contributed by atoms with Crippen molar-refractivity contribution in [1.82, 2.24) is 10.1 Å². The van der Waals surface area contributed by atoms with Gasteiger partial charge in [-0.3, -0.25) is 0 Å². The van der Waals surface area contributed by atoms with Crippen LogP contribution in [0.15, 0.2) is 59.1 Å². The molecule has 0 atom stereocenters. The lowest BCUT2D eigenvalue weighted by Gasteiger charge is -2.17. The van der Waals surface area contributed by atoms with Crippen molar-refractivity contribution in [3.63, 3.8) is 0 Å². The minimum absolute atomic E-state index is 0.477. The smallest absolute Gasteiger partial charge is 0.257 e. The molecule has 1 saturated carbocycles. The van der Waals surface area contributed by atoms with E-state index < -0.39 is 0 Å². The summed E-state index contributed by atoms with van der Waals surface area (Å²) in [6, 6.07) is 18.7. The molecule has 1 aliphatic carbocycles. The summed E-state index contributed by atoms with van der Waals surface area (Å²) < 4.78 is 5.49. The maximum Gasteiger partial charge on any atom is 0.257 e. The van der Waals surface area contributed by atoms with Gasteiger partial charge in [0.2, 0.25) is 0 Å². The number of benzene rings is 2. The maximum absolute atomic E-state index is 5.49.